The summed E-state index contributed by atoms with van der Waals surface area (Å²) in [7, 11) is -3.72. The highest BCUT2D eigenvalue weighted by Crippen LogP contribution is 2.30. The molecule has 0 atom stereocenters. The average Bonchev–Trinajstić information content (AvgIpc) is 2.29. The van der Waals surface area contributed by atoms with Crippen LogP contribution >= 0.6 is 15.9 Å². The monoisotopic (exact) mass is 346 g/mol. The van der Waals surface area contributed by atoms with Gasteiger partial charge in [0.2, 0.25) is 0 Å². The third kappa shape index (κ3) is 3.32. The van der Waals surface area contributed by atoms with E-state index in [1.165, 1.54) is 6.07 Å². The smallest absolute Gasteiger partial charge is 0.303 e. The minimum Gasteiger partial charge on any atom is -0.481 e. The number of halogens is 1. The molecule has 8 heteroatoms. The summed E-state index contributed by atoms with van der Waals surface area (Å²) in [6.45, 7) is 0. The van der Waals surface area contributed by atoms with E-state index in [1.54, 1.807) is 12.1 Å². The lowest BCUT2D eigenvalue weighted by Crippen LogP contribution is -2.21. The van der Waals surface area contributed by atoms with E-state index in [0.29, 0.717) is 16.6 Å². The lowest BCUT2D eigenvalue weighted by atomic mass is 10.2. The van der Waals surface area contributed by atoms with Gasteiger partial charge in [0.15, 0.2) is 0 Å². The molecule has 1 aromatic rings. The summed E-state index contributed by atoms with van der Waals surface area (Å²) in [6, 6.07) is 4.85. The number of hydrogen-bond donors (Lipinski definition) is 2. The first-order chi connectivity index (χ1) is 8.88. The van der Waals surface area contributed by atoms with Crippen molar-refractivity contribution in [1.82, 2.24) is 0 Å². The summed E-state index contributed by atoms with van der Waals surface area (Å²) < 4.78 is 28.2. The van der Waals surface area contributed by atoms with Crippen LogP contribution in [0.25, 0.3) is 0 Å². The Morgan fingerprint density at radius 2 is 2.16 bits per heavy atom. The van der Waals surface area contributed by atoms with Crippen molar-refractivity contribution in [2.45, 2.75) is 24.2 Å². The summed E-state index contributed by atoms with van der Waals surface area (Å²) >= 11 is 3.21. The molecule has 1 heterocycles. The maximum Gasteiger partial charge on any atom is 0.303 e. The van der Waals surface area contributed by atoms with Gasteiger partial charge in [-0.05, 0) is 24.6 Å². The largest absolute Gasteiger partial charge is 0.481 e. The molecule has 0 aliphatic carbocycles. The van der Waals surface area contributed by atoms with Crippen molar-refractivity contribution in [2.75, 3.05) is 5.32 Å². The minimum absolute atomic E-state index is 0.0199. The molecular formula is C11H11BrN2O4S. The van der Waals surface area contributed by atoms with Crippen LogP contribution in [0.4, 0.5) is 5.69 Å². The first kappa shape index (κ1) is 14.0. The fraction of sp³-hybridized carbons (Fsp3) is 0.273. The maximum absolute atomic E-state index is 12.0. The van der Waals surface area contributed by atoms with Crippen molar-refractivity contribution in [2.24, 2.45) is 4.40 Å². The van der Waals surface area contributed by atoms with Crippen LogP contribution < -0.4 is 5.32 Å². The minimum atomic E-state index is -3.72. The molecule has 1 aromatic carbocycles. The quantitative estimate of drug-likeness (QED) is 0.871. The van der Waals surface area contributed by atoms with Gasteiger partial charge in [-0.1, -0.05) is 15.9 Å². The lowest BCUT2D eigenvalue weighted by molar-refractivity contribution is -0.137. The fourth-order valence-corrected chi connectivity index (χ4v) is 3.41. The standard InChI is InChI=1S/C11H11BrN2O4S/c12-7-4-5-8-9(6-7)19(17,18)14-10(13-8)2-1-3-11(15)16/h4-6H,1-3H2,(H,13,14)(H,15,16). The normalized spacial score (nSPS) is 16.2. The number of carboxylic acids is 1. The number of rotatable bonds is 4. The zero-order valence-electron chi connectivity index (χ0n) is 9.76. The molecule has 0 saturated heterocycles. The van der Waals surface area contributed by atoms with Gasteiger partial charge in [0.25, 0.3) is 10.0 Å². The third-order valence-corrected chi connectivity index (χ3v) is 4.38. The van der Waals surface area contributed by atoms with Crippen molar-refractivity contribution in [3.05, 3.63) is 22.7 Å². The fourth-order valence-electron chi connectivity index (χ4n) is 1.70. The van der Waals surface area contributed by atoms with Crippen LogP contribution in [0.1, 0.15) is 19.3 Å². The molecule has 0 saturated carbocycles. The Balaban J connectivity index is 2.22. The van der Waals surface area contributed by atoms with Crippen LogP contribution in [0, 0.1) is 0 Å². The van der Waals surface area contributed by atoms with Gasteiger partial charge in [-0.3, -0.25) is 4.79 Å². The van der Waals surface area contributed by atoms with E-state index in [-0.39, 0.29) is 23.6 Å². The summed E-state index contributed by atoms with van der Waals surface area (Å²) in [6.07, 6.45) is 0.595. The molecule has 19 heavy (non-hydrogen) atoms. The predicted molar refractivity (Wildman–Crippen MR) is 73.9 cm³/mol. The Labute approximate surface area is 118 Å². The molecule has 0 radical (unpaired) electrons. The Kier molecular flexibility index (Phi) is 3.91. The van der Waals surface area contributed by atoms with Crippen molar-refractivity contribution >= 4 is 43.4 Å². The lowest BCUT2D eigenvalue weighted by Gasteiger charge is -2.18. The Hall–Kier alpha value is -1.41. The van der Waals surface area contributed by atoms with Gasteiger partial charge in [0.05, 0.1) is 5.69 Å². The van der Waals surface area contributed by atoms with E-state index in [2.05, 4.69) is 25.6 Å². The highest BCUT2D eigenvalue weighted by atomic mass is 79.9. The molecule has 1 aliphatic heterocycles. The molecule has 0 unspecified atom stereocenters. The van der Waals surface area contributed by atoms with E-state index in [9.17, 15) is 13.2 Å². The molecule has 0 bridgehead atoms. The number of sulfonamides is 1. The van der Waals surface area contributed by atoms with Gasteiger partial charge in [-0.25, -0.2) is 0 Å². The molecule has 1 aliphatic rings. The van der Waals surface area contributed by atoms with Crippen LogP contribution in [-0.4, -0.2) is 25.3 Å². The number of hydrogen-bond acceptors (Lipinski definition) is 4. The van der Waals surface area contributed by atoms with Crippen LogP contribution in [-0.2, 0) is 14.8 Å². The number of aliphatic carboxylic acids is 1. The van der Waals surface area contributed by atoms with Crippen LogP contribution in [0.2, 0.25) is 0 Å². The number of carboxylic acid groups (broad SMARTS) is 1. The first-order valence-corrected chi connectivity index (χ1v) is 7.74. The van der Waals surface area contributed by atoms with Crippen molar-refractivity contribution < 1.29 is 18.3 Å². The molecule has 6 nitrogen and oxygen atoms in total. The van der Waals surface area contributed by atoms with Crippen molar-refractivity contribution in [3.8, 4) is 0 Å². The van der Waals surface area contributed by atoms with Gasteiger partial charge in [-0.2, -0.15) is 8.42 Å². The zero-order valence-corrected chi connectivity index (χ0v) is 12.2. The molecule has 0 fully saturated rings. The zero-order chi connectivity index (χ0) is 14.0. The molecule has 2 rings (SSSR count). The third-order valence-electron chi connectivity index (χ3n) is 2.54. The van der Waals surface area contributed by atoms with E-state index in [1.807, 2.05) is 0 Å². The Morgan fingerprint density at radius 3 is 2.84 bits per heavy atom. The van der Waals surface area contributed by atoms with Gasteiger partial charge in [0, 0.05) is 17.3 Å². The Morgan fingerprint density at radius 1 is 1.42 bits per heavy atom. The molecular weight excluding hydrogens is 336 g/mol. The van der Waals surface area contributed by atoms with E-state index in [0.717, 1.165) is 0 Å². The van der Waals surface area contributed by atoms with Gasteiger partial charge >= 0.3 is 5.97 Å². The first-order valence-electron chi connectivity index (χ1n) is 5.51. The number of benzene rings is 1. The number of anilines is 1. The molecule has 0 spiro atoms. The molecule has 102 valence electrons. The topological polar surface area (TPSA) is 95.8 Å². The summed E-state index contributed by atoms with van der Waals surface area (Å²) in [5.41, 5.74) is 0.462. The number of fused-ring (bicyclic) bond motifs is 1. The predicted octanol–water partition coefficient (Wildman–Crippen LogP) is 2.22. The number of amidine groups is 1. The second kappa shape index (κ2) is 5.30. The van der Waals surface area contributed by atoms with Crippen LogP contribution in [0.3, 0.4) is 0 Å². The van der Waals surface area contributed by atoms with E-state index >= 15 is 0 Å². The number of nitrogens with zero attached hydrogens (tertiary/aromatic N) is 1. The second-order valence-corrected chi connectivity index (χ2v) is 6.51. The van der Waals surface area contributed by atoms with E-state index in [4.69, 9.17) is 5.11 Å². The van der Waals surface area contributed by atoms with E-state index < -0.39 is 16.0 Å². The summed E-state index contributed by atoms with van der Waals surface area (Å²) in [4.78, 5) is 10.5. The molecule has 2 N–H and O–H groups in total. The maximum atomic E-state index is 12.0. The highest BCUT2D eigenvalue weighted by molar-refractivity contribution is 9.10. The second-order valence-electron chi connectivity index (χ2n) is 4.03. The Bertz CT molecular complexity index is 655. The SMILES string of the molecule is O=C(O)CCCC1=NS(=O)(=O)c2cc(Br)ccc2N1. The van der Waals surface area contributed by atoms with Gasteiger partial charge < -0.3 is 10.4 Å². The molecule has 0 amide bonds. The summed E-state index contributed by atoms with van der Waals surface area (Å²) in [5, 5.41) is 11.5. The van der Waals surface area contributed by atoms with Crippen LogP contribution in [0.15, 0.2) is 32.0 Å². The van der Waals surface area contributed by atoms with Crippen molar-refractivity contribution in [3.63, 3.8) is 0 Å². The average molecular weight is 347 g/mol. The summed E-state index contributed by atoms with van der Waals surface area (Å²) in [5.74, 6) is -0.639. The van der Waals surface area contributed by atoms with Crippen molar-refractivity contribution in [1.29, 1.82) is 0 Å². The number of carbonyl (C=O) groups is 1. The number of nitrogens with one attached hydrogen (secondary N) is 1. The van der Waals surface area contributed by atoms with Crippen LogP contribution in [0.5, 0.6) is 0 Å². The van der Waals surface area contributed by atoms with Gasteiger partial charge in [0.1, 0.15) is 10.7 Å². The molecule has 0 aromatic heterocycles. The van der Waals surface area contributed by atoms with Gasteiger partial charge in [-0.15, -0.1) is 4.40 Å². The highest BCUT2D eigenvalue weighted by Gasteiger charge is 2.24.